The first-order valence-corrected chi connectivity index (χ1v) is 9.02. The zero-order valence-electron chi connectivity index (χ0n) is 16.6. The van der Waals surface area contributed by atoms with E-state index in [0.29, 0.717) is 0 Å². The normalized spacial score (nSPS) is 11.3. The highest BCUT2D eigenvalue weighted by atomic mass is 15.2. The lowest BCUT2D eigenvalue weighted by atomic mass is 10.2. The Kier molecular flexibility index (Phi) is 6.11. The average Bonchev–Trinajstić information content (AvgIpc) is 2.72. The second-order valence-corrected chi connectivity index (χ2v) is 6.30. The van der Waals surface area contributed by atoms with Gasteiger partial charge in [0.2, 0.25) is 0 Å². The van der Waals surface area contributed by atoms with E-state index in [1.807, 2.05) is 66.1 Å². The quantitative estimate of drug-likeness (QED) is 0.465. The minimum absolute atomic E-state index is 0.843. The summed E-state index contributed by atoms with van der Waals surface area (Å²) in [7, 11) is 3.50. The van der Waals surface area contributed by atoms with Crippen LogP contribution in [0, 0.1) is 13.8 Å². The summed E-state index contributed by atoms with van der Waals surface area (Å²) >= 11 is 0. The van der Waals surface area contributed by atoms with Crippen molar-refractivity contribution in [3.05, 3.63) is 72.1 Å². The molecule has 0 aliphatic carbocycles. The van der Waals surface area contributed by atoms with Crippen molar-refractivity contribution in [3.63, 3.8) is 0 Å². The van der Waals surface area contributed by atoms with Crippen LogP contribution in [0.2, 0.25) is 0 Å². The van der Waals surface area contributed by atoms with Crippen molar-refractivity contribution in [2.24, 2.45) is 9.98 Å². The summed E-state index contributed by atoms with van der Waals surface area (Å²) < 4.78 is 0. The van der Waals surface area contributed by atoms with Crippen LogP contribution in [0.3, 0.4) is 0 Å². The SMILES string of the molecule is C/N=C/N(c1cccc(N(/C=N/C)c2ncccc2C)c1)c1ncccc1C. The first-order chi connectivity index (χ1) is 13.7. The second-order valence-electron chi connectivity index (χ2n) is 6.30. The van der Waals surface area contributed by atoms with Gasteiger partial charge in [-0.1, -0.05) is 18.2 Å². The molecule has 0 saturated heterocycles. The first-order valence-electron chi connectivity index (χ1n) is 9.02. The molecule has 142 valence electrons. The Labute approximate surface area is 165 Å². The maximum atomic E-state index is 4.54. The Hall–Kier alpha value is -3.54. The van der Waals surface area contributed by atoms with E-state index in [9.17, 15) is 0 Å². The molecule has 0 atom stereocenters. The minimum Gasteiger partial charge on any atom is -0.285 e. The van der Waals surface area contributed by atoms with Crippen molar-refractivity contribution >= 4 is 35.7 Å². The van der Waals surface area contributed by atoms with E-state index in [-0.39, 0.29) is 0 Å². The van der Waals surface area contributed by atoms with Crippen LogP contribution in [0.15, 0.2) is 70.9 Å². The van der Waals surface area contributed by atoms with Crippen LogP contribution in [-0.2, 0) is 0 Å². The van der Waals surface area contributed by atoms with Crippen molar-refractivity contribution < 1.29 is 0 Å². The van der Waals surface area contributed by atoms with Gasteiger partial charge in [-0.05, 0) is 55.3 Å². The highest BCUT2D eigenvalue weighted by molar-refractivity contribution is 5.93. The number of rotatable bonds is 6. The molecule has 0 radical (unpaired) electrons. The van der Waals surface area contributed by atoms with E-state index in [1.54, 1.807) is 39.2 Å². The standard InChI is InChI=1S/C22H24N6/c1-17-8-6-12-25-21(17)27(15-23-3)19-10-5-11-20(14-19)28(16-24-4)22-18(2)9-7-13-26-22/h5-16H,1-4H3/b23-15+,24-16+. The van der Waals surface area contributed by atoms with Crippen molar-refractivity contribution in [2.45, 2.75) is 13.8 Å². The monoisotopic (exact) mass is 372 g/mol. The third-order valence-electron chi connectivity index (χ3n) is 4.27. The summed E-state index contributed by atoms with van der Waals surface area (Å²) in [6.07, 6.45) is 7.13. The number of aliphatic imine (C=N–C) groups is 2. The van der Waals surface area contributed by atoms with E-state index in [2.05, 4.69) is 26.0 Å². The van der Waals surface area contributed by atoms with Crippen LogP contribution >= 0.6 is 0 Å². The summed E-state index contributed by atoms with van der Waals surface area (Å²) in [5.74, 6) is 1.69. The molecule has 1 aromatic carbocycles. The molecule has 3 rings (SSSR count). The van der Waals surface area contributed by atoms with Crippen LogP contribution in [0.1, 0.15) is 11.1 Å². The summed E-state index contributed by atoms with van der Waals surface area (Å²) in [6, 6.07) is 16.1. The lowest BCUT2D eigenvalue weighted by Crippen LogP contribution is -2.19. The second kappa shape index (κ2) is 8.90. The van der Waals surface area contributed by atoms with Crippen molar-refractivity contribution in [2.75, 3.05) is 23.9 Å². The maximum Gasteiger partial charge on any atom is 0.141 e. The Bertz CT molecular complexity index is 919. The molecule has 0 spiro atoms. The zero-order chi connectivity index (χ0) is 19.9. The topological polar surface area (TPSA) is 57.0 Å². The van der Waals surface area contributed by atoms with Gasteiger partial charge in [0.25, 0.3) is 0 Å². The maximum absolute atomic E-state index is 4.54. The molecule has 0 aliphatic rings. The number of anilines is 4. The molecule has 3 aromatic rings. The molecule has 2 heterocycles. The smallest absolute Gasteiger partial charge is 0.141 e. The third-order valence-corrected chi connectivity index (χ3v) is 4.27. The minimum atomic E-state index is 0.843. The number of benzene rings is 1. The molecule has 0 amide bonds. The highest BCUT2D eigenvalue weighted by Crippen LogP contribution is 2.31. The van der Waals surface area contributed by atoms with Gasteiger partial charge in [-0.15, -0.1) is 0 Å². The molecule has 0 aliphatic heterocycles. The lowest BCUT2D eigenvalue weighted by molar-refractivity contribution is 1.17. The highest BCUT2D eigenvalue weighted by Gasteiger charge is 2.15. The van der Waals surface area contributed by atoms with Crippen LogP contribution in [0.5, 0.6) is 0 Å². The molecular formula is C22H24N6. The molecule has 0 saturated carbocycles. The fourth-order valence-electron chi connectivity index (χ4n) is 2.97. The Morgan fingerprint density at radius 3 is 1.57 bits per heavy atom. The van der Waals surface area contributed by atoms with Gasteiger partial charge in [0, 0.05) is 26.5 Å². The van der Waals surface area contributed by atoms with Crippen molar-refractivity contribution in [3.8, 4) is 0 Å². The summed E-state index contributed by atoms with van der Waals surface area (Å²) in [5.41, 5.74) is 4.04. The number of pyridine rings is 2. The van der Waals surface area contributed by atoms with E-state index >= 15 is 0 Å². The van der Waals surface area contributed by atoms with Crippen LogP contribution in [-0.4, -0.2) is 36.7 Å². The lowest BCUT2D eigenvalue weighted by Gasteiger charge is -2.24. The van der Waals surface area contributed by atoms with E-state index in [0.717, 1.165) is 34.1 Å². The molecule has 0 unspecified atom stereocenters. The summed E-state index contributed by atoms with van der Waals surface area (Å²) in [4.78, 5) is 21.5. The first kappa shape index (κ1) is 19.2. The number of hydrogen-bond donors (Lipinski definition) is 0. The van der Waals surface area contributed by atoms with Crippen molar-refractivity contribution in [1.82, 2.24) is 9.97 Å². The van der Waals surface area contributed by atoms with Crippen molar-refractivity contribution in [1.29, 1.82) is 0 Å². The number of aromatic nitrogens is 2. The molecule has 2 aromatic heterocycles. The fraction of sp³-hybridized carbons (Fsp3) is 0.182. The third kappa shape index (κ3) is 4.06. The van der Waals surface area contributed by atoms with Gasteiger partial charge in [-0.25, -0.2) is 9.97 Å². The van der Waals surface area contributed by atoms with E-state index in [4.69, 9.17) is 0 Å². The molecule has 0 bridgehead atoms. The van der Waals surface area contributed by atoms with Crippen LogP contribution in [0.4, 0.5) is 23.0 Å². The van der Waals surface area contributed by atoms with Gasteiger partial charge < -0.3 is 0 Å². The number of hydrogen-bond acceptors (Lipinski definition) is 4. The summed E-state index contributed by atoms with van der Waals surface area (Å²) in [5, 5.41) is 0. The van der Waals surface area contributed by atoms with Gasteiger partial charge in [0.15, 0.2) is 0 Å². The van der Waals surface area contributed by atoms with Gasteiger partial charge in [-0.3, -0.25) is 19.8 Å². The van der Waals surface area contributed by atoms with Crippen LogP contribution in [0.25, 0.3) is 0 Å². The molecule has 0 N–H and O–H groups in total. The average molecular weight is 372 g/mol. The molecule has 0 fully saturated rings. The van der Waals surface area contributed by atoms with Gasteiger partial charge in [0.05, 0.1) is 24.1 Å². The molecule has 6 nitrogen and oxygen atoms in total. The Morgan fingerprint density at radius 1 is 0.714 bits per heavy atom. The largest absolute Gasteiger partial charge is 0.285 e. The Morgan fingerprint density at radius 2 is 1.18 bits per heavy atom. The number of aryl methyl sites for hydroxylation is 2. The zero-order valence-corrected chi connectivity index (χ0v) is 16.6. The van der Waals surface area contributed by atoms with E-state index in [1.165, 1.54) is 0 Å². The van der Waals surface area contributed by atoms with Crippen LogP contribution < -0.4 is 9.80 Å². The predicted octanol–water partition coefficient (Wildman–Crippen LogP) is 4.69. The van der Waals surface area contributed by atoms with E-state index < -0.39 is 0 Å². The Balaban J connectivity index is 2.09. The van der Waals surface area contributed by atoms with Gasteiger partial charge in [0.1, 0.15) is 11.6 Å². The fourth-order valence-corrected chi connectivity index (χ4v) is 2.97. The predicted molar refractivity (Wildman–Crippen MR) is 118 cm³/mol. The molecule has 28 heavy (non-hydrogen) atoms. The van der Waals surface area contributed by atoms with Gasteiger partial charge >= 0.3 is 0 Å². The molecule has 6 heteroatoms. The van der Waals surface area contributed by atoms with Gasteiger partial charge in [-0.2, -0.15) is 0 Å². The number of nitrogens with zero attached hydrogens (tertiary/aromatic N) is 6. The summed E-state index contributed by atoms with van der Waals surface area (Å²) in [6.45, 7) is 4.08. The molecular weight excluding hydrogens is 348 g/mol.